The van der Waals surface area contributed by atoms with Gasteiger partial charge in [-0.15, -0.1) is 0 Å². The van der Waals surface area contributed by atoms with Crippen LogP contribution in [0.5, 0.6) is 0 Å². The van der Waals surface area contributed by atoms with E-state index < -0.39 is 0 Å². The van der Waals surface area contributed by atoms with E-state index in [1.807, 2.05) is 52.9 Å². The molecule has 1 N–H and O–H groups in total. The Kier molecular flexibility index (Phi) is 4.72. The summed E-state index contributed by atoms with van der Waals surface area (Å²) in [6.45, 7) is 0.588. The zero-order valence-corrected chi connectivity index (χ0v) is 10.6. The van der Waals surface area contributed by atoms with E-state index in [9.17, 15) is 4.79 Å². The second-order valence-corrected chi connectivity index (χ2v) is 6.38. The molecule has 2 nitrogen and oxygen atoms in total. The quantitative estimate of drug-likeness (QED) is 0.656. The van der Waals surface area contributed by atoms with E-state index in [1.165, 1.54) is 0 Å². The predicted octanol–water partition coefficient (Wildman–Crippen LogP) is 2.46. The van der Waals surface area contributed by atoms with Crippen LogP contribution in [0.15, 0.2) is 30.3 Å². The van der Waals surface area contributed by atoms with Gasteiger partial charge in [-0.3, -0.25) is 4.79 Å². The molecule has 0 saturated heterocycles. The van der Waals surface area contributed by atoms with Gasteiger partial charge in [-0.2, -0.15) is 0 Å². The average Bonchev–Trinajstić information content (AvgIpc) is 2.15. The molecule has 0 spiro atoms. The lowest BCUT2D eigenvalue weighted by atomic mass is 10.2. The van der Waals surface area contributed by atoms with Crippen LogP contribution in [-0.2, 0) is 11.3 Å². The molecule has 0 bridgehead atoms. The standard InChI is InChI=1S/C9H9BrINO/c10-8(11)9(13)12-6-7-4-2-1-3-5-7/h1-5,8H,6H2,(H,12,13). The highest BCUT2D eigenvalue weighted by Crippen LogP contribution is 2.08. The van der Waals surface area contributed by atoms with Gasteiger partial charge in [-0.1, -0.05) is 68.9 Å². The molecule has 1 unspecified atom stereocenters. The van der Waals surface area contributed by atoms with Crippen molar-refractivity contribution in [2.24, 2.45) is 0 Å². The Bertz CT molecular complexity index is 276. The first kappa shape index (κ1) is 11.0. The Morgan fingerprint density at radius 3 is 2.62 bits per heavy atom. The number of hydrogen-bond acceptors (Lipinski definition) is 1. The smallest absolute Gasteiger partial charge is 0.244 e. The Balaban J connectivity index is 2.40. The number of amides is 1. The van der Waals surface area contributed by atoms with Crippen molar-refractivity contribution in [3.8, 4) is 0 Å². The first-order valence-corrected chi connectivity index (χ1v) is 5.96. The zero-order chi connectivity index (χ0) is 9.68. The molecule has 1 aromatic carbocycles. The van der Waals surface area contributed by atoms with Gasteiger partial charge in [0.15, 0.2) is 0 Å². The summed E-state index contributed by atoms with van der Waals surface area (Å²) >= 11 is 5.20. The molecule has 4 heteroatoms. The van der Waals surface area contributed by atoms with Crippen LogP contribution < -0.4 is 5.32 Å². The topological polar surface area (TPSA) is 29.1 Å². The molecule has 0 aliphatic rings. The van der Waals surface area contributed by atoms with Gasteiger partial charge < -0.3 is 5.32 Å². The lowest BCUT2D eigenvalue weighted by molar-refractivity contribution is -0.118. The van der Waals surface area contributed by atoms with Crippen LogP contribution in [0.4, 0.5) is 0 Å². The van der Waals surface area contributed by atoms with E-state index in [4.69, 9.17) is 0 Å². The maximum atomic E-state index is 11.2. The molecule has 0 heterocycles. The van der Waals surface area contributed by atoms with Gasteiger partial charge in [0.1, 0.15) is 2.83 Å². The Labute approximate surface area is 99.4 Å². The summed E-state index contributed by atoms with van der Waals surface area (Å²) in [7, 11) is 0. The van der Waals surface area contributed by atoms with E-state index in [-0.39, 0.29) is 8.74 Å². The van der Waals surface area contributed by atoms with E-state index >= 15 is 0 Å². The third-order valence-corrected chi connectivity index (χ3v) is 2.49. The summed E-state index contributed by atoms with van der Waals surface area (Å²) in [5, 5.41) is 2.81. The third-order valence-electron chi connectivity index (χ3n) is 1.51. The number of alkyl halides is 2. The molecule has 0 aliphatic carbocycles. The van der Waals surface area contributed by atoms with Crippen molar-refractivity contribution in [3.05, 3.63) is 35.9 Å². The molecule has 1 atom stereocenters. The molecule has 0 radical (unpaired) electrons. The summed E-state index contributed by atoms with van der Waals surface area (Å²) in [6, 6.07) is 9.83. The third kappa shape index (κ3) is 4.08. The van der Waals surface area contributed by atoms with Crippen molar-refractivity contribution in [2.45, 2.75) is 9.38 Å². The van der Waals surface area contributed by atoms with Crippen LogP contribution in [0.1, 0.15) is 5.56 Å². The van der Waals surface area contributed by atoms with Gasteiger partial charge in [0.05, 0.1) is 0 Å². The number of carbonyl (C=O) groups excluding carboxylic acids is 1. The fourth-order valence-electron chi connectivity index (χ4n) is 0.862. The summed E-state index contributed by atoms with van der Waals surface area (Å²) in [5.74, 6) is 0.00412. The van der Waals surface area contributed by atoms with Crippen LogP contribution >= 0.6 is 38.5 Å². The molecular weight excluding hydrogens is 345 g/mol. The van der Waals surface area contributed by atoms with E-state index in [0.29, 0.717) is 6.54 Å². The van der Waals surface area contributed by atoms with Gasteiger partial charge >= 0.3 is 0 Å². The van der Waals surface area contributed by atoms with Crippen LogP contribution in [0.3, 0.4) is 0 Å². The first-order chi connectivity index (χ1) is 6.20. The molecular formula is C9H9BrINO. The number of carbonyl (C=O) groups is 1. The fraction of sp³-hybridized carbons (Fsp3) is 0.222. The zero-order valence-electron chi connectivity index (χ0n) is 6.84. The van der Waals surface area contributed by atoms with Crippen LogP contribution in [0.2, 0.25) is 0 Å². The second kappa shape index (κ2) is 5.59. The number of benzene rings is 1. The van der Waals surface area contributed by atoms with E-state index in [1.54, 1.807) is 0 Å². The van der Waals surface area contributed by atoms with Crippen molar-refractivity contribution in [1.29, 1.82) is 0 Å². The van der Waals surface area contributed by atoms with Crippen LogP contribution in [-0.4, -0.2) is 8.74 Å². The van der Waals surface area contributed by atoms with Gasteiger partial charge in [-0.25, -0.2) is 0 Å². The highest BCUT2D eigenvalue weighted by atomic mass is 127. The first-order valence-electron chi connectivity index (χ1n) is 3.80. The fourth-order valence-corrected chi connectivity index (χ4v) is 1.24. The molecule has 0 aliphatic heterocycles. The average molecular weight is 354 g/mol. The maximum absolute atomic E-state index is 11.2. The minimum Gasteiger partial charge on any atom is -0.350 e. The van der Waals surface area contributed by atoms with Crippen molar-refractivity contribution in [1.82, 2.24) is 5.32 Å². The van der Waals surface area contributed by atoms with Gasteiger partial charge in [0.2, 0.25) is 5.91 Å². The molecule has 70 valence electrons. The Morgan fingerprint density at radius 2 is 2.08 bits per heavy atom. The van der Waals surface area contributed by atoms with E-state index in [0.717, 1.165) is 5.56 Å². The van der Waals surface area contributed by atoms with Crippen molar-refractivity contribution in [2.75, 3.05) is 0 Å². The second-order valence-electron chi connectivity index (χ2n) is 2.50. The highest BCUT2D eigenvalue weighted by molar-refractivity contribution is 14.1. The number of halogens is 2. The van der Waals surface area contributed by atoms with Gasteiger partial charge in [0.25, 0.3) is 0 Å². The summed E-state index contributed by atoms with van der Waals surface area (Å²) in [5.41, 5.74) is 1.11. The largest absolute Gasteiger partial charge is 0.350 e. The highest BCUT2D eigenvalue weighted by Gasteiger charge is 2.08. The monoisotopic (exact) mass is 353 g/mol. The van der Waals surface area contributed by atoms with Crippen molar-refractivity contribution < 1.29 is 4.79 Å². The maximum Gasteiger partial charge on any atom is 0.244 e. The summed E-state index contributed by atoms with van der Waals surface area (Å²) in [4.78, 5) is 11.2. The number of hydrogen-bond donors (Lipinski definition) is 1. The lowest BCUT2D eigenvalue weighted by Gasteiger charge is -2.05. The number of nitrogens with one attached hydrogen (secondary N) is 1. The summed E-state index contributed by atoms with van der Waals surface area (Å²) < 4.78 is -0.159. The van der Waals surface area contributed by atoms with Crippen molar-refractivity contribution in [3.63, 3.8) is 0 Å². The Hall–Kier alpha value is -0.100. The Morgan fingerprint density at radius 1 is 1.46 bits per heavy atom. The SMILES string of the molecule is O=C(NCc1ccccc1)C(Br)I. The molecule has 0 saturated carbocycles. The molecule has 1 rings (SSSR count). The van der Waals surface area contributed by atoms with Crippen molar-refractivity contribution >= 4 is 44.4 Å². The van der Waals surface area contributed by atoms with Crippen LogP contribution in [0.25, 0.3) is 0 Å². The number of rotatable bonds is 3. The molecule has 0 fully saturated rings. The molecule has 13 heavy (non-hydrogen) atoms. The normalized spacial score (nSPS) is 12.2. The summed E-state index contributed by atoms with van der Waals surface area (Å²) in [6.07, 6.45) is 0. The minimum absolute atomic E-state index is 0.00412. The molecule has 1 amide bonds. The van der Waals surface area contributed by atoms with E-state index in [2.05, 4.69) is 21.2 Å². The van der Waals surface area contributed by atoms with Crippen LogP contribution in [0, 0.1) is 0 Å². The van der Waals surface area contributed by atoms with Gasteiger partial charge in [0, 0.05) is 6.54 Å². The van der Waals surface area contributed by atoms with Gasteiger partial charge in [-0.05, 0) is 5.56 Å². The lowest BCUT2D eigenvalue weighted by Crippen LogP contribution is -2.27. The predicted molar refractivity (Wildman–Crippen MR) is 65.0 cm³/mol. The molecule has 0 aromatic heterocycles. The molecule has 1 aromatic rings. The minimum atomic E-state index is -0.159.